The molecule has 0 fully saturated rings. The van der Waals surface area contributed by atoms with E-state index in [1.54, 1.807) is 26.1 Å². The van der Waals surface area contributed by atoms with E-state index in [9.17, 15) is 15.0 Å². The number of nitrogens with zero attached hydrogens (tertiary/aromatic N) is 1. The molecule has 0 saturated carbocycles. The maximum Gasteiger partial charge on any atom is 0.257 e. The van der Waals surface area contributed by atoms with Gasteiger partial charge in [-0.1, -0.05) is 41.9 Å². The third-order valence-electron chi connectivity index (χ3n) is 3.29. The van der Waals surface area contributed by atoms with E-state index in [4.69, 9.17) is 11.6 Å². The summed E-state index contributed by atoms with van der Waals surface area (Å²) < 4.78 is 0. The molecule has 0 heterocycles. The van der Waals surface area contributed by atoms with Crippen LogP contribution < -0.4 is 0 Å². The van der Waals surface area contributed by atoms with E-state index in [2.05, 4.69) is 0 Å². The number of benzene rings is 2. The number of halogens is 1. The zero-order chi connectivity index (χ0) is 16.3. The van der Waals surface area contributed by atoms with Crippen molar-refractivity contribution in [1.29, 1.82) is 0 Å². The summed E-state index contributed by atoms with van der Waals surface area (Å²) in [5, 5.41) is 19.6. The van der Waals surface area contributed by atoms with Gasteiger partial charge in [-0.25, -0.2) is 0 Å². The predicted molar refractivity (Wildman–Crippen MR) is 87.2 cm³/mol. The Morgan fingerprint density at radius 2 is 1.86 bits per heavy atom. The first-order valence-corrected chi connectivity index (χ1v) is 7.29. The van der Waals surface area contributed by atoms with Crippen molar-refractivity contribution in [3.63, 3.8) is 0 Å². The second-order valence-corrected chi connectivity index (χ2v) is 5.66. The molecule has 1 unspecified atom stereocenters. The van der Waals surface area contributed by atoms with Gasteiger partial charge in [0.05, 0.1) is 16.7 Å². The van der Waals surface area contributed by atoms with Gasteiger partial charge in [-0.2, -0.15) is 0 Å². The number of likely N-dealkylation sites (N-methyl/N-ethyl adjacent to an activating group) is 1. The van der Waals surface area contributed by atoms with Crippen LogP contribution >= 0.6 is 11.6 Å². The Morgan fingerprint density at radius 1 is 1.23 bits per heavy atom. The van der Waals surface area contributed by atoms with E-state index in [0.717, 1.165) is 11.1 Å². The van der Waals surface area contributed by atoms with Crippen LogP contribution in [0.15, 0.2) is 42.5 Å². The monoisotopic (exact) mass is 319 g/mol. The minimum atomic E-state index is -0.649. The number of amides is 1. The van der Waals surface area contributed by atoms with Crippen LogP contribution in [0.5, 0.6) is 5.75 Å². The van der Waals surface area contributed by atoms with E-state index < -0.39 is 12.0 Å². The third-order valence-corrected chi connectivity index (χ3v) is 3.57. The van der Waals surface area contributed by atoms with E-state index in [-0.39, 0.29) is 22.9 Å². The average molecular weight is 320 g/mol. The van der Waals surface area contributed by atoms with Gasteiger partial charge in [0, 0.05) is 13.6 Å². The van der Waals surface area contributed by atoms with Gasteiger partial charge < -0.3 is 15.1 Å². The molecule has 0 saturated heterocycles. The number of aliphatic hydroxyl groups is 1. The molecule has 0 aliphatic heterocycles. The third kappa shape index (κ3) is 3.59. The first kappa shape index (κ1) is 16.3. The average Bonchev–Trinajstić information content (AvgIpc) is 2.49. The Labute approximate surface area is 134 Å². The van der Waals surface area contributed by atoms with Crippen LogP contribution in [0.2, 0.25) is 5.02 Å². The van der Waals surface area contributed by atoms with Gasteiger partial charge in [-0.05, 0) is 30.2 Å². The zero-order valence-electron chi connectivity index (χ0n) is 12.5. The molecular weight excluding hydrogens is 302 g/mol. The molecule has 0 aliphatic carbocycles. The van der Waals surface area contributed by atoms with Crippen molar-refractivity contribution in [1.82, 2.24) is 4.90 Å². The molecule has 2 aromatic rings. The second kappa shape index (κ2) is 6.81. The summed E-state index contributed by atoms with van der Waals surface area (Å²) in [6, 6.07) is 12.7. The Kier molecular flexibility index (Phi) is 5.06. The van der Waals surface area contributed by atoms with E-state index in [0.29, 0.717) is 0 Å². The van der Waals surface area contributed by atoms with Crippen molar-refractivity contribution in [2.24, 2.45) is 0 Å². The minimum absolute atomic E-state index is 0.120. The molecule has 0 radical (unpaired) electrons. The lowest BCUT2D eigenvalue weighted by atomic mass is 10.0. The summed E-state index contributed by atoms with van der Waals surface area (Å²) in [5.41, 5.74) is 1.77. The van der Waals surface area contributed by atoms with Crippen LogP contribution in [-0.2, 0) is 0 Å². The molecule has 4 nitrogen and oxygen atoms in total. The van der Waals surface area contributed by atoms with Crippen LogP contribution in [0, 0.1) is 0 Å². The fourth-order valence-electron chi connectivity index (χ4n) is 2.24. The van der Waals surface area contributed by atoms with Crippen molar-refractivity contribution in [2.75, 3.05) is 13.6 Å². The normalized spacial score (nSPS) is 12.0. The van der Waals surface area contributed by atoms with Gasteiger partial charge >= 0.3 is 0 Å². The van der Waals surface area contributed by atoms with Gasteiger partial charge in [0.2, 0.25) is 0 Å². The van der Waals surface area contributed by atoms with Crippen LogP contribution in [-0.4, -0.2) is 40.7 Å². The molecule has 2 aromatic carbocycles. The SMILES string of the molecule is CC(O)CN(C)C(=O)c1cc(-c2ccccc2)cc(Cl)c1O. The summed E-state index contributed by atoms with van der Waals surface area (Å²) in [5.74, 6) is -0.637. The highest BCUT2D eigenvalue weighted by Gasteiger charge is 2.20. The van der Waals surface area contributed by atoms with Gasteiger partial charge in [0.1, 0.15) is 5.75 Å². The smallest absolute Gasteiger partial charge is 0.257 e. The number of hydrogen-bond acceptors (Lipinski definition) is 3. The number of carbonyl (C=O) groups excluding carboxylic acids is 1. The molecule has 116 valence electrons. The van der Waals surface area contributed by atoms with Gasteiger partial charge in [0.25, 0.3) is 5.91 Å². The zero-order valence-corrected chi connectivity index (χ0v) is 13.2. The number of phenolic OH excluding ortho intramolecular Hbond substituents is 1. The Bertz CT molecular complexity index is 671. The van der Waals surface area contributed by atoms with E-state index in [1.165, 1.54) is 4.90 Å². The largest absolute Gasteiger partial charge is 0.506 e. The molecule has 0 bridgehead atoms. The van der Waals surface area contributed by atoms with Gasteiger partial charge in [0.15, 0.2) is 0 Å². The van der Waals surface area contributed by atoms with Crippen LogP contribution in [0.3, 0.4) is 0 Å². The van der Waals surface area contributed by atoms with Crippen molar-refractivity contribution < 1.29 is 15.0 Å². The summed E-state index contributed by atoms with van der Waals surface area (Å²) in [6.07, 6.45) is -0.649. The predicted octanol–water partition coefficient (Wildman–Crippen LogP) is 3.17. The summed E-state index contributed by atoms with van der Waals surface area (Å²) >= 11 is 6.05. The fourth-order valence-corrected chi connectivity index (χ4v) is 2.46. The fraction of sp³-hybridized carbons (Fsp3) is 0.235. The topological polar surface area (TPSA) is 60.8 Å². The molecule has 0 aromatic heterocycles. The standard InChI is InChI=1S/C17H18ClNO3/c1-11(20)10-19(2)17(22)14-8-13(9-15(18)16(14)21)12-6-4-3-5-7-12/h3-9,11,20-21H,10H2,1-2H3. The number of carbonyl (C=O) groups is 1. The van der Waals surface area contributed by atoms with E-state index in [1.807, 2.05) is 30.3 Å². The van der Waals surface area contributed by atoms with E-state index >= 15 is 0 Å². The van der Waals surface area contributed by atoms with Gasteiger partial charge in [-0.15, -0.1) is 0 Å². The Balaban J connectivity index is 2.43. The van der Waals surface area contributed by atoms with Gasteiger partial charge in [-0.3, -0.25) is 4.79 Å². The maximum atomic E-state index is 12.4. The lowest BCUT2D eigenvalue weighted by molar-refractivity contribution is 0.0701. The molecular formula is C17H18ClNO3. The minimum Gasteiger partial charge on any atom is -0.506 e. The first-order valence-electron chi connectivity index (χ1n) is 6.91. The molecule has 1 atom stereocenters. The highest BCUT2D eigenvalue weighted by molar-refractivity contribution is 6.33. The van der Waals surface area contributed by atoms with Crippen molar-refractivity contribution in [3.8, 4) is 16.9 Å². The highest BCUT2D eigenvalue weighted by atomic mass is 35.5. The van der Waals surface area contributed by atoms with Crippen LogP contribution in [0.1, 0.15) is 17.3 Å². The number of phenols is 1. The summed E-state index contributed by atoms with van der Waals surface area (Å²) in [4.78, 5) is 13.8. The maximum absolute atomic E-state index is 12.4. The first-order chi connectivity index (χ1) is 10.4. The van der Waals surface area contributed by atoms with Crippen molar-refractivity contribution in [2.45, 2.75) is 13.0 Å². The molecule has 1 amide bonds. The lowest BCUT2D eigenvalue weighted by Gasteiger charge is -2.20. The molecule has 0 spiro atoms. The summed E-state index contributed by atoms with van der Waals surface area (Å²) in [7, 11) is 1.57. The molecule has 2 N–H and O–H groups in total. The molecule has 22 heavy (non-hydrogen) atoms. The number of aliphatic hydroxyl groups excluding tert-OH is 1. The Hall–Kier alpha value is -2.04. The molecule has 0 aliphatic rings. The molecule has 2 rings (SSSR count). The van der Waals surface area contributed by atoms with Crippen molar-refractivity contribution in [3.05, 3.63) is 53.1 Å². The second-order valence-electron chi connectivity index (χ2n) is 5.25. The van der Waals surface area contributed by atoms with Crippen LogP contribution in [0.25, 0.3) is 11.1 Å². The Morgan fingerprint density at radius 3 is 2.45 bits per heavy atom. The lowest BCUT2D eigenvalue weighted by Crippen LogP contribution is -2.33. The summed E-state index contributed by atoms with van der Waals surface area (Å²) in [6.45, 7) is 1.77. The quantitative estimate of drug-likeness (QED) is 0.910. The number of aromatic hydroxyl groups is 1. The van der Waals surface area contributed by atoms with Crippen molar-refractivity contribution >= 4 is 17.5 Å². The van der Waals surface area contributed by atoms with Crippen LogP contribution in [0.4, 0.5) is 0 Å². The number of hydrogen-bond donors (Lipinski definition) is 2. The highest BCUT2D eigenvalue weighted by Crippen LogP contribution is 2.34. The number of rotatable bonds is 4. The molecule has 5 heteroatoms.